The standard InChI is InChI=1S/C25H36O2Si/c1-7-15-23(26)20(3)24(8-2)27-28(25(4,5)6,21-16-11-9-12-17-21)22-18-13-10-14-19-22/h8-14,16-20,23,26H,7,15H2,1-6H3/b24-8+/t20-,23+/m1/s1. The molecule has 1 N–H and O–H groups in total. The molecule has 0 aliphatic heterocycles. The summed E-state index contributed by atoms with van der Waals surface area (Å²) >= 11 is 0. The van der Waals surface area contributed by atoms with Crippen molar-refractivity contribution in [1.29, 1.82) is 0 Å². The summed E-state index contributed by atoms with van der Waals surface area (Å²) in [6.07, 6.45) is 3.39. The summed E-state index contributed by atoms with van der Waals surface area (Å²) in [5.74, 6) is 0.863. The molecule has 0 unspecified atom stereocenters. The van der Waals surface area contributed by atoms with Gasteiger partial charge in [0.15, 0.2) is 0 Å². The van der Waals surface area contributed by atoms with Crippen LogP contribution in [0.4, 0.5) is 0 Å². The Morgan fingerprint density at radius 1 is 1.00 bits per heavy atom. The first kappa shape index (κ1) is 22.4. The van der Waals surface area contributed by atoms with Crippen molar-refractivity contribution < 1.29 is 9.53 Å². The molecule has 3 heteroatoms. The van der Waals surface area contributed by atoms with Gasteiger partial charge in [-0.1, -0.05) is 108 Å². The van der Waals surface area contributed by atoms with Gasteiger partial charge >= 0.3 is 8.32 Å². The molecule has 0 spiro atoms. The van der Waals surface area contributed by atoms with E-state index >= 15 is 0 Å². The lowest BCUT2D eigenvalue weighted by molar-refractivity contribution is 0.103. The minimum atomic E-state index is -2.64. The van der Waals surface area contributed by atoms with E-state index in [-0.39, 0.29) is 11.0 Å². The van der Waals surface area contributed by atoms with Crippen LogP contribution < -0.4 is 10.4 Å². The molecule has 0 bridgehead atoms. The van der Waals surface area contributed by atoms with Crippen LogP contribution in [-0.2, 0) is 4.43 Å². The fourth-order valence-corrected chi connectivity index (χ4v) is 8.56. The van der Waals surface area contributed by atoms with Gasteiger partial charge in [0.2, 0.25) is 0 Å². The SMILES string of the molecule is C/C=C(/O[Si](c1ccccc1)(c1ccccc1)C(C)(C)C)[C@H](C)[C@@H](O)CCC. The van der Waals surface area contributed by atoms with Crippen molar-refractivity contribution in [1.82, 2.24) is 0 Å². The Hall–Kier alpha value is -1.84. The van der Waals surface area contributed by atoms with Gasteiger partial charge in [0.05, 0.1) is 11.9 Å². The zero-order valence-electron chi connectivity index (χ0n) is 18.3. The predicted molar refractivity (Wildman–Crippen MR) is 123 cm³/mol. The quantitative estimate of drug-likeness (QED) is 0.487. The fraction of sp³-hybridized carbons (Fsp3) is 0.440. The molecule has 0 heterocycles. The van der Waals surface area contributed by atoms with Gasteiger partial charge < -0.3 is 9.53 Å². The van der Waals surface area contributed by atoms with E-state index in [4.69, 9.17) is 4.43 Å². The smallest absolute Gasteiger partial charge is 0.319 e. The highest BCUT2D eigenvalue weighted by Gasteiger charge is 2.52. The average Bonchev–Trinajstić information content (AvgIpc) is 2.69. The van der Waals surface area contributed by atoms with E-state index in [0.717, 1.165) is 18.6 Å². The lowest BCUT2D eigenvalue weighted by Crippen LogP contribution is -2.66. The number of aliphatic hydroxyl groups excluding tert-OH is 1. The zero-order chi connectivity index (χ0) is 20.8. The minimum absolute atomic E-state index is 0.0356. The van der Waals surface area contributed by atoms with Gasteiger partial charge in [-0.2, -0.15) is 0 Å². The maximum absolute atomic E-state index is 10.7. The summed E-state index contributed by atoms with van der Waals surface area (Å²) < 4.78 is 7.09. The molecule has 0 amide bonds. The van der Waals surface area contributed by atoms with Crippen molar-refractivity contribution in [2.24, 2.45) is 5.92 Å². The van der Waals surface area contributed by atoms with E-state index in [2.05, 4.69) is 95.3 Å². The third-order valence-corrected chi connectivity index (χ3v) is 10.5. The van der Waals surface area contributed by atoms with E-state index in [9.17, 15) is 5.11 Å². The third-order valence-electron chi connectivity index (χ3n) is 5.58. The van der Waals surface area contributed by atoms with Crippen LogP contribution in [0.1, 0.15) is 54.4 Å². The second kappa shape index (κ2) is 9.57. The minimum Gasteiger partial charge on any atom is -0.537 e. The van der Waals surface area contributed by atoms with Gasteiger partial charge in [-0.3, -0.25) is 0 Å². The molecule has 2 atom stereocenters. The number of aliphatic hydroxyl groups is 1. The molecule has 0 aliphatic rings. The Balaban J connectivity index is 2.64. The third kappa shape index (κ3) is 4.58. The van der Waals surface area contributed by atoms with Crippen LogP contribution in [0.25, 0.3) is 0 Å². The Morgan fingerprint density at radius 3 is 1.82 bits per heavy atom. The van der Waals surface area contributed by atoms with E-state index in [1.54, 1.807) is 0 Å². The Bertz CT molecular complexity index is 708. The number of allylic oxidation sites excluding steroid dienone is 1. The molecule has 2 aromatic rings. The number of hydrogen-bond donors (Lipinski definition) is 1. The molecule has 2 aromatic carbocycles. The van der Waals surface area contributed by atoms with E-state index in [1.165, 1.54) is 10.4 Å². The predicted octanol–water partition coefficient (Wildman–Crippen LogP) is 5.26. The first-order valence-electron chi connectivity index (χ1n) is 10.4. The normalized spacial score (nSPS) is 15.2. The van der Waals surface area contributed by atoms with Gasteiger partial charge in [-0.15, -0.1) is 0 Å². The van der Waals surface area contributed by atoms with E-state index in [1.807, 2.05) is 13.0 Å². The second-order valence-electron chi connectivity index (χ2n) is 8.60. The molecule has 152 valence electrons. The highest BCUT2D eigenvalue weighted by atomic mass is 28.4. The molecule has 2 rings (SSSR count). The Kier molecular flexibility index (Phi) is 7.68. The Labute approximate surface area is 172 Å². The summed E-state index contributed by atoms with van der Waals surface area (Å²) in [5, 5.41) is 13.1. The summed E-state index contributed by atoms with van der Waals surface area (Å²) in [6, 6.07) is 21.3. The molecular formula is C25H36O2Si. The van der Waals surface area contributed by atoms with Crippen molar-refractivity contribution >= 4 is 18.7 Å². The number of rotatable bonds is 8. The molecule has 2 nitrogen and oxygen atoms in total. The van der Waals surface area contributed by atoms with E-state index in [0.29, 0.717) is 0 Å². The van der Waals surface area contributed by atoms with Crippen molar-refractivity contribution in [3.8, 4) is 0 Å². The van der Waals surface area contributed by atoms with Crippen LogP contribution >= 0.6 is 0 Å². The van der Waals surface area contributed by atoms with Gasteiger partial charge in [0.1, 0.15) is 0 Å². The maximum Gasteiger partial charge on any atom is 0.319 e. The van der Waals surface area contributed by atoms with Gasteiger partial charge in [0, 0.05) is 5.92 Å². The monoisotopic (exact) mass is 396 g/mol. The highest BCUT2D eigenvalue weighted by molar-refractivity contribution is 6.99. The van der Waals surface area contributed by atoms with Gasteiger partial charge in [0.25, 0.3) is 0 Å². The molecule has 0 radical (unpaired) electrons. The Morgan fingerprint density at radius 2 is 1.46 bits per heavy atom. The summed E-state index contributed by atoms with van der Waals surface area (Å²) in [7, 11) is -2.64. The van der Waals surface area contributed by atoms with Crippen LogP contribution in [0.15, 0.2) is 72.5 Å². The van der Waals surface area contributed by atoms with Crippen molar-refractivity contribution in [2.75, 3.05) is 0 Å². The first-order chi connectivity index (χ1) is 13.3. The molecule has 0 aliphatic carbocycles. The van der Waals surface area contributed by atoms with Crippen LogP contribution in [0.5, 0.6) is 0 Å². The first-order valence-corrected chi connectivity index (χ1v) is 12.3. The van der Waals surface area contributed by atoms with E-state index < -0.39 is 14.4 Å². The van der Waals surface area contributed by atoms with Gasteiger partial charge in [-0.25, -0.2) is 0 Å². The summed E-state index contributed by atoms with van der Waals surface area (Å²) in [5.41, 5.74) is 0. The van der Waals surface area contributed by atoms with Crippen LogP contribution in [0.2, 0.25) is 5.04 Å². The van der Waals surface area contributed by atoms with Crippen molar-refractivity contribution in [2.45, 2.75) is 65.5 Å². The van der Waals surface area contributed by atoms with Gasteiger partial charge in [-0.05, 0) is 28.8 Å². The fourth-order valence-electron chi connectivity index (χ4n) is 3.98. The molecule has 0 saturated carbocycles. The molecule has 28 heavy (non-hydrogen) atoms. The van der Waals surface area contributed by atoms with Crippen molar-refractivity contribution in [3.63, 3.8) is 0 Å². The topological polar surface area (TPSA) is 29.5 Å². The molecule has 0 fully saturated rings. The molecular weight excluding hydrogens is 360 g/mol. The lowest BCUT2D eigenvalue weighted by atomic mass is 9.98. The van der Waals surface area contributed by atoms with Crippen LogP contribution in [0, 0.1) is 5.92 Å². The summed E-state index contributed by atoms with van der Waals surface area (Å²) in [6.45, 7) is 13.0. The highest BCUT2D eigenvalue weighted by Crippen LogP contribution is 2.39. The molecule has 0 aromatic heterocycles. The number of benzene rings is 2. The molecule has 0 saturated heterocycles. The van der Waals surface area contributed by atoms with Crippen LogP contribution in [0.3, 0.4) is 0 Å². The zero-order valence-corrected chi connectivity index (χ0v) is 19.3. The maximum atomic E-state index is 10.7. The second-order valence-corrected chi connectivity index (χ2v) is 12.8. The average molecular weight is 397 g/mol. The largest absolute Gasteiger partial charge is 0.537 e. The lowest BCUT2D eigenvalue weighted by Gasteiger charge is -2.44. The van der Waals surface area contributed by atoms with Crippen LogP contribution in [-0.4, -0.2) is 19.5 Å². The summed E-state index contributed by atoms with van der Waals surface area (Å²) in [4.78, 5) is 0. The number of hydrogen-bond acceptors (Lipinski definition) is 2. The van der Waals surface area contributed by atoms with Crippen molar-refractivity contribution in [3.05, 3.63) is 72.5 Å².